The van der Waals surface area contributed by atoms with E-state index >= 15 is 0 Å². The zero-order chi connectivity index (χ0) is 14.1. The van der Waals surface area contributed by atoms with Crippen molar-refractivity contribution in [1.29, 1.82) is 0 Å². The molecule has 1 aliphatic rings. The van der Waals surface area contributed by atoms with Crippen molar-refractivity contribution in [3.8, 4) is 0 Å². The van der Waals surface area contributed by atoms with Crippen molar-refractivity contribution >= 4 is 22.6 Å². The molecule has 20 heavy (non-hydrogen) atoms. The standard InChI is InChI=1S/C15H18N2O3/c16-12-3-4-13-11(6-12)7-14(20-13)15(19)17-5-1-2-10(8-17)9-18/h3-4,6-7,10,18H,1-2,5,8-9,16H2. The van der Waals surface area contributed by atoms with Gasteiger partial charge in [-0.05, 0) is 43.0 Å². The van der Waals surface area contributed by atoms with Crippen LogP contribution in [0.4, 0.5) is 5.69 Å². The maximum absolute atomic E-state index is 12.4. The molecule has 1 aromatic heterocycles. The Labute approximate surface area is 117 Å². The number of rotatable bonds is 2. The fraction of sp³-hybridized carbons (Fsp3) is 0.400. The van der Waals surface area contributed by atoms with Crippen LogP contribution in [0.5, 0.6) is 0 Å². The quantitative estimate of drug-likeness (QED) is 0.819. The molecule has 0 radical (unpaired) electrons. The molecule has 0 saturated carbocycles. The number of likely N-dealkylation sites (tertiary alicyclic amines) is 1. The molecule has 1 amide bonds. The molecule has 106 valence electrons. The number of hydrogen-bond acceptors (Lipinski definition) is 4. The molecule has 3 rings (SSSR count). The Morgan fingerprint density at radius 1 is 1.45 bits per heavy atom. The summed E-state index contributed by atoms with van der Waals surface area (Å²) in [6.07, 6.45) is 1.89. The third-order valence-corrected chi connectivity index (χ3v) is 3.82. The van der Waals surface area contributed by atoms with Gasteiger partial charge in [0.05, 0.1) is 0 Å². The third kappa shape index (κ3) is 2.36. The summed E-state index contributed by atoms with van der Waals surface area (Å²) in [6, 6.07) is 7.05. The summed E-state index contributed by atoms with van der Waals surface area (Å²) in [5.41, 5.74) is 7.04. The third-order valence-electron chi connectivity index (χ3n) is 3.82. The van der Waals surface area contributed by atoms with Crippen molar-refractivity contribution in [1.82, 2.24) is 4.90 Å². The molecule has 1 atom stereocenters. The van der Waals surface area contributed by atoms with Gasteiger partial charge in [-0.25, -0.2) is 0 Å². The van der Waals surface area contributed by atoms with Gasteiger partial charge in [0.2, 0.25) is 0 Å². The van der Waals surface area contributed by atoms with Crippen molar-refractivity contribution in [3.63, 3.8) is 0 Å². The first kappa shape index (κ1) is 13.0. The molecule has 0 bridgehead atoms. The maximum Gasteiger partial charge on any atom is 0.289 e. The monoisotopic (exact) mass is 274 g/mol. The highest BCUT2D eigenvalue weighted by molar-refractivity contribution is 5.96. The van der Waals surface area contributed by atoms with Crippen LogP contribution in [0.1, 0.15) is 23.4 Å². The fourth-order valence-corrected chi connectivity index (χ4v) is 2.72. The highest BCUT2D eigenvalue weighted by atomic mass is 16.3. The Kier molecular flexibility index (Phi) is 3.36. The minimum atomic E-state index is -0.113. The van der Waals surface area contributed by atoms with E-state index in [1.807, 2.05) is 0 Å². The molecule has 5 heteroatoms. The maximum atomic E-state index is 12.4. The number of furan rings is 1. The predicted octanol–water partition coefficient (Wildman–Crippen LogP) is 1.86. The molecule has 1 saturated heterocycles. The van der Waals surface area contributed by atoms with E-state index in [1.165, 1.54) is 0 Å². The van der Waals surface area contributed by atoms with E-state index in [0.29, 0.717) is 30.1 Å². The summed E-state index contributed by atoms with van der Waals surface area (Å²) in [5.74, 6) is 0.398. The van der Waals surface area contributed by atoms with E-state index in [-0.39, 0.29) is 18.4 Å². The average Bonchev–Trinajstić information content (AvgIpc) is 2.89. The van der Waals surface area contributed by atoms with Gasteiger partial charge in [0, 0.05) is 30.8 Å². The van der Waals surface area contributed by atoms with Crippen molar-refractivity contribution in [3.05, 3.63) is 30.0 Å². The molecule has 3 N–H and O–H groups in total. The number of amides is 1. The van der Waals surface area contributed by atoms with Gasteiger partial charge >= 0.3 is 0 Å². The summed E-state index contributed by atoms with van der Waals surface area (Å²) < 4.78 is 5.60. The molecule has 1 aliphatic heterocycles. The minimum absolute atomic E-state index is 0.113. The number of aliphatic hydroxyl groups is 1. The van der Waals surface area contributed by atoms with Crippen LogP contribution >= 0.6 is 0 Å². The topological polar surface area (TPSA) is 79.7 Å². The van der Waals surface area contributed by atoms with Crippen LogP contribution in [0.25, 0.3) is 11.0 Å². The van der Waals surface area contributed by atoms with Gasteiger partial charge in [-0.1, -0.05) is 0 Å². The van der Waals surface area contributed by atoms with Gasteiger partial charge in [0.15, 0.2) is 5.76 Å². The predicted molar refractivity (Wildman–Crippen MR) is 76.3 cm³/mol. The van der Waals surface area contributed by atoms with E-state index in [2.05, 4.69) is 0 Å². The second-order valence-corrected chi connectivity index (χ2v) is 5.35. The Morgan fingerprint density at radius 3 is 3.10 bits per heavy atom. The molecule has 5 nitrogen and oxygen atoms in total. The van der Waals surface area contributed by atoms with Crippen molar-refractivity contribution < 1.29 is 14.3 Å². The summed E-state index contributed by atoms with van der Waals surface area (Å²) in [7, 11) is 0. The van der Waals surface area contributed by atoms with Crippen LogP contribution in [0.2, 0.25) is 0 Å². The summed E-state index contributed by atoms with van der Waals surface area (Å²) >= 11 is 0. The number of carbonyl (C=O) groups is 1. The van der Waals surface area contributed by atoms with Crippen molar-refractivity contribution in [2.75, 3.05) is 25.4 Å². The lowest BCUT2D eigenvalue weighted by molar-refractivity contribution is 0.0592. The fourth-order valence-electron chi connectivity index (χ4n) is 2.72. The average molecular weight is 274 g/mol. The van der Waals surface area contributed by atoms with Gasteiger partial charge in [-0.2, -0.15) is 0 Å². The lowest BCUT2D eigenvalue weighted by Gasteiger charge is -2.31. The number of piperidine rings is 1. The molecule has 1 unspecified atom stereocenters. The van der Waals surface area contributed by atoms with E-state index < -0.39 is 0 Å². The van der Waals surface area contributed by atoms with Crippen LogP contribution < -0.4 is 5.73 Å². The first-order valence-electron chi connectivity index (χ1n) is 6.86. The van der Waals surface area contributed by atoms with Gasteiger partial charge in [-0.3, -0.25) is 4.79 Å². The second-order valence-electron chi connectivity index (χ2n) is 5.35. The van der Waals surface area contributed by atoms with Crippen molar-refractivity contribution in [2.45, 2.75) is 12.8 Å². The van der Waals surface area contributed by atoms with Crippen LogP contribution in [0.15, 0.2) is 28.7 Å². The highest BCUT2D eigenvalue weighted by Crippen LogP contribution is 2.24. The number of hydrogen-bond donors (Lipinski definition) is 2. The lowest BCUT2D eigenvalue weighted by atomic mass is 9.99. The van der Waals surface area contributed by atoms with Gasteiger partial charge in [0.25, 0.3) is 5.91 Å². The lowest BCUT2D eigenvalue weighted by Crippen LogP contribution is -2.40. The van der Waals surface area contributed by atoms with E-state index in [1.54, 1.807) is 29.2 Å². The number of nitrogen functional groups attached to an aromatic ring is 1. The largest absolute Gasteiger partial charge is 0.451 e. The van der Waals surface area contributed by atoms with E-state index in [4.69, 9.17) is 10.2 Å². The number of nitrogens with two attached hydrogens (primary N) is 1. The molecule has 1 aromatic carbocycles. The number of aliphatic hydroxyl groups excluding tert-OH is 1. The second kappa shape index (κ2) is 5.17. The van der Waals surface area contributed by atoms with Gasteiger partial charge < -0.3 is 20.2 Å². The smallest absolute Gasteiger partial charge is 0.289 e. The molecular weight excluding hydrogens is 256 g/mol. The molecule has 2 aromatic rings. The SMILES string of the molecule is Nc1ccc2oc(C(=O)N3CCCC(CO)C3)cc2c1. The summed E-state index contributed by atoms with van der Waals surface area (Å²) in [4.78, 5) is 14.2. The number of anilines is 1. The van der Waals surface area contributed by atoms with E-state index in [9.17, 15) is 9.90 Å². The summed E-state index contributed by atoms with van der Waals surface area (Å²) in [5, 5.41) is 10.1. The summed E-state index contributed by atoms with van der Waals surface area (Å²) in [6.45, 7) is 1.43. The van der Waals surface area contributed by atoms with Gasteiger partial charge in [-0.15, -0.1) is 0 Å². The molecule has 0 spiro atoms. The molecule has 2 heterocycles. The van der Waals surface area contributed by atoms with Crippen molar-refractivity contribution in [2.24, 2.45) is 5.92 Å². The first-order chi connectivity index (χ1) is 9.67. The van der Waals surface area contributed by atoms with Crippen LogP contribution in [0, 0.1) is 5.92 Å². The molecule has 1 fully saturated rings. The number of nitrogens with zero attached hydrogens (tertiary/aromatic N) is 1. The zero-order valence-electron chi connectivity index (χ0n) is 11.2. The number of fused-ring (bicyclic) bond motifs is 1. The van der Waals surface area contributed by atoms with Crippen LogP contribution in [-0.4, -0.2) is 35.6 Å². The molecule has 0 aliphatic carbocycles. The minimum Gasteiger partial charge on any atom is -0.451 e. The normalized spacial score (nSPS) is 19.4. The number of benzene rings is 1. The van der Waals surface area contributed by atoms with Gasteiger partial charge in [0.1, 0.15) is 5.58 Å². The Morgan fingerprint density at radius 2 is 2.30 bits per heavy atom. The Hall–Kier alpha value is -2.01. The zero-order valence-corrected chi connectivity index (χ0v) is 11.2. The Balaban J connectivity index is 1.84. The highest BCUT2D eigenvalue weighted by Gasteiger charge is 2.26. The first-order valence-corrected chi connectivity index (χ1v) is 6.86. The Bertz CT molecular complexity index is 635. The number of carbonyl (C=O) groups excluding carboxylic acids is 1. The molecular formula is C15H18N2O3. The van der Waals surface area contributed by atoms with Crippen LogP contribution in [0.3, 0.4) is 0 Å². The van der Waals surface area contributed by atoms with E-state index in [0.717, 1.165) is 18.2 Å². The van der Waals surface area contributed by atoms with Crippen LogP contribution in [-0.2, 0) is 0 Å².